The molecule has 0 aliphatic rings. The average Bonchev–Trinajstić information content (AvgIpc) is 2.75. The van der Waals surface area contributed by atoms with Gasteiger partial charge in [0.2, 0.25) is 0 Å². The highest BCUT2D eigenvalue weighted by Crippen LogP contribution is 2.21. The van der Waals surface area contributed by atoms with Crippen LogP contribution in [0, 0.1) is 0 Å². The van der Waals surface area contributed by atoms with E-state index in [-0.39, 0.29) is 6.04 Å². The molecule has 0 aliphatic carbocycles. The maximum absolute atomic E-state index is 5.92. The van der Waals surface area contributed by atoms with Gasteiger partial charge in [0.05, 0.1) is 6.04 Å². The SMILES string of the molecule is NC(COc1ccc(Cl)cc1)c1ccc(Br)o1. The van der Waals surface area contributed by atoms with Crippen LogP contribution < -0.4 is 10.5 Å². The van der Waals surface area contributed by atoms with E-state index in [0.717, 1.165) is 5.75 Å². The summed E-state index contributed by atoms with van der Waals surface area (Å²) >= 11 is 9.00. The van der Waals surface area contributed by atoms with Crippen molar-refractivity contribution >= 4 is 27.5 Å². The Morgan fingerprint density at radius 3 is 2.53 bits per heavy atom. The van der Waals surface area contributed by atoms with Crippen molar-refractivity contribution in [3.8, 4) is 5.75 Å². The summed E-state index contributed by atoms with van der Waals surface area (Å²) < 4.78 is 11.5. The van der Waals surface area contributed by atoms with Crippen molar-refractivity contribution in [3.05, 3.63) is 51.9 Å². The largest absolute Gasteiger partial charge is 0.491 e. The van der Waals surface area contributed by atoms with E-state index in [9.17, 15) is 0 Å². The summed E-state index contributed by atoms with van der Waals surface area (Å²) in [5.41, 5.74) is 5.92. The van der Waals surface area contributed by atoms with Crippen LogP contribution in [0.1, 0.15) is 11.8 Å². The molecule has 17 heavy (non-hydrogen) atoms. The Hall–Kier alpha value is -0.970. The zero-order valence-corrected chi connectivity index (χ0v) is 11.2. The molecule has 5 heteroatoms. The van der Waals surface area contributed by atoms with Crippen molar-refractivity contribution in [1.82, 2.24) is 0 Å². The maximum atomic E-state index is 5.92. The van der Waals surface area contributed by atoms with Crippen LogP contribution >= 0.6 is 27.5 Å². The third-order valence-corrected chi connectivity index (χ3v) is 2.88. The smallest absolute Gasteiger partial charge is 0.169 e. The summed E-state index contributed by atoms with van der Waals surface area (Å²) in [6, 6.07) is 10.5. The van der Waals surface area contributed by atoms with Gasteiger partial charge in [-0.2, -0.15) is 0 Å². The van der Waals surface area contributed by atoms with E-state index in [0.29, 0.717) is 22.1 Å². The molecule has 1 unspecified atom stereocenters. The standard InChI is InChI=1S/C12H11BrClNO2/c13-12-6-5-11(17-12)10(15)7-16-9-3-1-8(14)2-4-9/h1-6,10H,7,15H2. The second kappa shape index (κ2) is 5.58. The summed E-state index contributed by atoms with van der Waals surface area (Å²) in [6.45, 7) is 0.349. The van der Waals surface area contributed by atoms with Crippen LogP contribution in [0.4, 0.5) is 0 Å². The molecule has 0 spiro atoms. The summed E-state index contributed by atoms with van der Waals surface area (Å²) in [5, 5.41) is 0.677. The number of benzene rings is 1. The summed E-state index contributed by atoms with van der Waals surface area (Å²) in [7, 11) is 0. The molecular weight excluding hydrogens is 305 g/mol. The number of nitrogens with two attached hydrogens (primary N) is 1. The molecule has 0 saturated heterocycles. The minimum atomic E-state index is -0.294. The summed E-state index contributed by atoms with van der Waals surface area (Å²) in [5.74, 6) is 1.42. The van der Waals surface area contributed by atoms with Gasteiger partial charge in [0.1, 0.15) is 18.1 Å². The molecule has 1 heterocycles. The molecule has 0 saturated carbocycles. The Labute approximate surface area is 113 Å². The molecule has 1 aromatic heterocycles. The first-order valence-corrected chi connectivity index (χ1v) is 6.21. The zero-order valence-electron chi connectivity index (χ0n) is 8.90. The van der Waals surface area contributed by atoms with Crippen LogP contribution in [0.25, 0.3) is 0 Å². The van der Waals surface area contributed by atoms with Crippen molar-refractivity contribution in [2.24, 2.45) is 5.73 Å². The Bertz CT molecular complexity index is 484. The van der Waals surface area contributed by atoms with E-state index in [4.69, 9.17) is 26.5 Å². The zero-order chi connectivity index (χ0) is 12.3. The van der Waals surface area contributed by atoms with Crippen LogP contribution in [0.5, 0.6) is 5.75 Å². The molecule has 2 rings (SSSR count). The maximum Gasteiger partial charge on any atom is 0.169 e. The lowest BCUT2D eigenvalue weighted by atomic mass is 10.2. The molecule has 0 amide bonds. The molecule has 90 valence electrons. The fraction of sp³-hybridized carbons (Fsp3) is 0.167. The molecule has 0 aliphatic heterocycles. The Kier molecular flexibility index (Phi) is 4.10. The summed E-state index contributed by atoms with van der Waals surface area (Å²) in [4.78, 5) is 0. The average molecular weight is 317 g/mol. The van der Waals surface area contributed by atoms with Crippen molar-refractivity contribution in [1.29, 1.82) is 0 Å². The number of furan rings is 1. The first kappa shape index (κ1) is 12.5. The molecule has 0 radical (unpaired) electrons. The van der Waals surface area contributed by atoms with Gasteiger partial charge in [-0.3, -0.25) is 0 Å². The van der Waals surface area contributed by atoms with Crippen molar-refractivity contribution in [2.75, 3.05) is 6.61 Å². The fourth-order valence-corrected chi connectivity index (χ4v) is 1.77. The Balaban J connectivity index is 1.92. The van der Waals surface area contributed by atoms with Crippen molar-refractivity contribution < 1.29 is 9.15 Å². The van der Waals surface area contributed by atoms with E-state index in [1.807, 2.05) is 6.07 Å². The minimum Gasteiger partial charge on any atom is -0.491 e. The van der Waals surface area contributed by atoms with Gasteiger partial charge in [0.25, 0.3) is 0 Å². The van der Waals surface area contributed by atoms with Gasteiger partial charge in [0.15, 0.2) is 4.67 Å². The van der Waals surface area contributed by atoms with Gasteiger partial charge in [-0.25, -0.2) is 0 Å². The number of rotatable bonds is 4. The van der Waals surface area contributed by atoms with Gasteiger partial charge in [0, 0.05) is 5.02 Å². The predicted molar refractivity (Wildman–Crippen MR) is 70.3 cm³/mol. The summed E-state index contributed by atoms with van der Waals surface area (Å²) in [6.07, 6.45) is 0. The van der Waals surface area contributed by atoms with Crippen LogP contribution in [0.3, 0.4) is 0 Å². The first-order valence-electron chi connectivity index (χ1n) is 5.04. The first-order chi connectivity index (χ1) is 8.15. The second-order valence-corrected chi connectivity index (χ2v) is 4.73. The third kappa shape index (κ3) is 3.49. The lowest BCUT2D eigenvalue weighted by Crippen LogP contribution is -2.18. The Morgan fingerprint density at radius 2 is 1.94 bits per heavy atom. The highest BCUT2D eigenvalue weighted by Gasteiger charge is 2.11. The molecule has 3 nitrogen and oxygen atoms in total. The highest BCUT2D eigenvalue weighted by atomic mass is 79.9. The molecule has 2 aromatic rings. The van der Waals surface area contributed by atoms with Gasteiger partial charge < -0.3 is 14.9 Å². The van der Waals surface area contributed by atoms with Crippen molar-refractivity contribution in [3.63, 3.8) is 0 Å². The Morgan fingerprint density at radius 1 is 1.24 bits per heavy atom. The van der Waals surface area contributed by atoms with E-state index in [2.05, 4.69) is 15.9 Å². The topological polar surface area (TPSA) is 48.4 Å². The van der Waals surface area contributed by atoms with Crippen LogP contribution in [0.2, 0.25) is 5.02 Å². The fourth-order valence-electron chi connectivity index (χ4n) is 1.33. The quantitative estimate of drug-likeness (QED) is 0.934. The van der Waals surface area contributed by atoms with Gasteiger partial charge >= 0.3 is 0 Å². The lowest BCUT2D eigenvalue weighted by Gasteiger charge is -2.10. The molecular formula is C12H11BrClNO2. The van der Waals surface area contributed by atoms with Gasteiger partial charge in [-0.15, -0.1) is 0 Å². The lowest BCUT2D eigenvalue weighted by molar-refractivity contribution is 0.271. The molecule has 1 aromatic carbocycles. The van der Waals surface area contributed by atoms with E-state index in [1.54, 1.807) is 30.3 Å². The second-order valence-electron chi connectivity index (χ2n) is 3.51. The predicted octanol–water partition coefficient (Wildman–Crippen LogP) is 3.77. The van der Waals surface area contributed by atoms with E-state index < -0.39 is 0 Å². The molecule has 0 fully saturated rings. The minimum absolute atomic E-state index is 0.294. The normalized spacial score (nSPS) is 12.4. The van der Waals surface area contributed by atoms with Crippen LogP contribution in [0.15, 0.2) is 45.5 Å². The number of halogens is 2. The van der Waals surface area contributed by atoms with E-state index in [1.165, 1.54) is 0 Å². The van der Waals surface area contributed by atoms with Gasteiger partial charge in [-0.05, 0) is 52.3 Å². The highest BCUT2D eigenvalue weighted by molar-refractivity contribution is 9.10. The number of hydrogen-bond acceptors (Lipinski definition) is 3. The monoisotopic (exact) mass is 315 g/mol. The number of hydrogen-bond donors (Lipinski definition) is 1. The van der Waals surface area contributed by atoms with E-state index >= 15 is 0 Å². The molecule has 2 N–H and O–H groups in total. The third-order valence-electron chi connectivity index (χ3n) is 2.20. The van der Waals surface area contributed by atoms with Crippen LogP contribution in [-0.4, -0.2) is 6.61 Å². The van der Waals surface area contributed by atoms with Gasteiger partial charge in [-0.1, -0.05) is 11.6 Å². The molecule has 1 atom stereocenters. The molecule has 0 bridgehead atoms. The van der Waals surface area contributed by atoms with Crippen LogP contribution in [-0.2, 0) is 0 Å². The number of ether oxygens (including phenoxy) is 1. The van der Waals surface area contributed by atoms with Crippen molar-refractivity contribution in [2.45, 2.75) is 6.04 Å².